The minimum atomic E-state index is -1.98. The van der Waals surface area contributed by atoms with Gasteiger partial charge in [0.05, 0.1) is 0 Å². The fourth-order valence-electron chi connectivity index (χ4n) is 3.20. The van der Waals surface area contributed by atoms with Crippen molar-refractivity contribution >= 4 is 39.0 Å². The largest absolute Gasteiger partial charge is 0.120 e. The van der Waals surface area contributed by atoms with Crippen molar-refractivity contribution < 1.29 is 0 Å². The molecule has 0 fully saturated rings. The molecule has 4 heteroatoms. The topological polar surface area (TPSA) is 0 Å². The predicted octanol–water partition coefficient (Wildman–Crippen LogP) is 9.82. The highest BCUT2D eigenvalue weighted by atomic mass is 35.9. The maximum atomic E-state index is 5.90. The first-order valence-corrected chi connectivity index (χ1v) is 15.3. The van der Waals surface area contributed by atoms with Crippen LogP contribution >= 0.6 is 27.2 Å². The van der Waals surface area contributed by atoms with Crippen molar-refractivity contribution in [2.75, 3.05) is 6.16 Å². The van der Waals surface area contributed by atoms with Crippen molar-refractivity contribution in [3.63, 3.8) is 0 Å². The first-order chi connectivity index (χ1) is 11.6. The van der Waals surface area contributed by atoms with Gasteiger partial charge in [-0.15, -0.1) is 0 Å². The quantitative estimate of drug-likeness (QED) is 0.149. The van der Waals surface area contributed by atoms with Crippen molar-refractivity contribution in [1.29, 1.82) is 0 Å². The molecule has 0 saturated heterocycles. The molecule has 0 nitrogen and oxygen atoms in total. The average molecular weight is 415 g/mol. The Bertz CT molecular complexity index is 291. The van der Waals surface area contributed by atoms with Gasteiger partial charge in [-0.3, -0.25) is 0 Å². The van der Waals surface area contributed by atoms with Crippen LogP contribution in [0, 0.1) is 0 Å². The lowest BCUT2D eigenvalue weighted by molar-refractivity contribution is 0.526. The Morgan fingerprint density at radius 2 is 0.750 bits per heavy atom. The van der Waals surface area contributed by atoms with Crippen molar-refractivity contribution in [3.05, 3.63) is 0 Å². The average Bonchev–Trinajstić information content (AvgIpc) is 2.52. The zero-order chi connectivity index (χ0) is 17.9. The molecule has 0 rings (SSSR count). The zero-order valence-electron chi connectivity index (χ0n) is 16.0. The van der Waals surface area contributed by atoms with Gasteiger partial charge in [-0.1, -0.05) is 150 Å². The van der Waals surface area contributed by atoms with Crippen LogP contribution in [0.3, 0.4) is 0 Å². The van der Waals surface area contributed by atoms with Crippen LogP contribution in [0.25, 0.3) is 0 Å². The smallest absolute Gasteiger partial charge is 0.0684 e. The molecule has 0 aromatic rings. The van der Waals surface area contributed by atoms with E-state index in [4.69, 9.17) is 34.3 Å². The molecule has 0 aliphatic rings. The second-order valence-corrected chi connectivity index (χ2v) is 15.9. The molecule has 0 aromatic heterocycles. The summed E-state index contributed by atoms with van der Waals surface area (Å²) in [5.74, 6) is 0. The molecule has 146 valence electrons. The second-order valence-electron chi connectivity index (χ2n) is 7.30. The third kappa shape index (κ3) is 23.2. The molecule has 0 radical (unpaired) electrons. The van der Waals surface area contributed by atoms with Crippen LogP contribution in [0.4, 0.5) is 0 Å². The molecule has 0 bridgehead atoms. The molecule has 0 spiro atoms. The van der Waals surface area contributed by atoms with Crippen LogP contribution in [-0.2, 0) is 11.8 Å². The van der Waals surface area contributed by atoms with E-state index in [1.807, 2.05) is 0 Å². The van der Waals surface area contributed by atoms with Crippen molar-refractivity contribution in [1.82, 2.24) is 0 Å². The van der Waals surface area contributed by atoms with Crippen LogP contribution < -0.4 is 0 Å². The van der Waals surface area contributed by atoms with Gasteiger partial charge in [0.25, 0.3) is 0 Å². The van der Waals surface area contributed by atoms with Gasteiger partial charge in [0.15, 0.2) is 0 Å². The van der Waals surface area contributed by atoms with Crippen molar-refractivity contribution in [3.8, 4) is 0 Å². The molecule has 0 unspecified atom stereocenters. The van der Waals surface area contributed by atoms with E-state index in [9.17, 15) is 0 Å². The van der Waals surface area contributed by atoms with Crippen molar-refractivity contribution in [2.45, 2.75) is 122 Å². The Hall–Kier alpha value is 1.23. The van der Waals surface area contributed by atoms with Gasteiger partial charge in [0.1, 0.15) is 4.74 Å². The van der Waals surface area contributed by atoms with Gasteiger partial charge in [0, 0.05) is 6.16 Å². The van der Waals surface area contributed by atoms with E-state index in [0.717, 1.165) is 12.6 Å². The number of hydrogen-bond donors (Lipinski definition) is 0. The standard InChI is InChI=1S/C20H41Cl2PS/c1-2-3-4-5-6-7-8-9-10-11-12-13-14-15-16-17-18-19-20-23(21,22)24/h2-20H2,1H3. The number of halogens is 2. The van der Waals surface area contributed by atoms with Crippen LogP contribution in [0.15, 0.2) is 0 Å². The van der Waals surface area contributed by atoms with Crippen LogP contribution in [0.1, 0.15) is 122 Å². The summed E-state index contributed by atoms with van der Waals surface area (Å²) in [5.41, 5.74) is 0. The number of unbranched alkanes of at least 4 members (excludes halogenated alkanes) is 17. The molecule has 0 aliphatic heterocycles. The molecule has 0 heterocycles. The SMILES string of the molecule is CCCCCCCCCCCCCCCCCCCCP(=S)(Cl)Cl. The summed E-state index contributed by atoms with van der Waals surface area (Å²) >= 11 is 16.8. The zero-order valence-corrected chi connectivity index (χ0v) is 19.3. The molecule has 0 aliphatic carbocycles. The van der Waals surface area contributed by atoms with Crippen LogP contribution in [-0.4, -0.2) is 6.16 Å². The highest BCUT2D eigenvalue weighted by Gasteiger charge is 2.06. The fourth-order valence-corrected chi connectivity index (χ4v) is 4.89. The third-order valence-electron chi connectivity index (χ3n) is 4.77. The Morgan fingerprint density at radius 1 is 0.500 bits per heavy atom. The van der Waals surface area contributed by atoms with Crippen LogP contribution in [0.2, 0.25) is 0 Å². The maximum Gasteiger partial charge on any atom is 0.120 e. The highest BCUT2D eigenvalue weighted by Crippen LogP contribution is 2.57. The molecule has 0 aromatic carbocycles. The first-order valence-electron chi connectivity index (χ1n) is 10.5. The lowest BCUT2D eigenvalue weighted by Gasteiger charge is -2.05. The maximum absolute atomic E-state index is 5.90. The normalized spacial score (nSPS) is 12.0. The predicted molar refractivity (Wildman–Crippen MR) is 120 cm³/mol. The van der Waals surface area contributed by atoms with E-state index in [-0.39, 0.29) is 0 Å². The molecule has 24 heavy (non-hydrogen) atoms. The van der Waals surface area contributed by atoms with E-state index in [1.165, 1.54) is 109 Å². The molecule has 0 N–H and O–H groups in total. The second kappa shape index (κ2) is 19.0. The van der Waals surface area contributed by atoms with E-state index in [2.05, 4.69) is 6.92 Å². The molecule has 0 atom stereocenters. The minimum absolute atomic E-state index is 0.851. The summed E-state index contributed by atoms with van der Waals surface area (Å²) in [6.07, 6.45) is 26.0. The lowest BCUT2D eigenvalue weighted by atomic mass is 10.0. The molecule has 0 amide bonds. The van der Waals surface area contributed by atoms with E-state index < -0.39 is 4.74 Å². The van der Waals surface area contributed by atoms with Crippen LogP contribution in [0.5, 0.6) is 0 Å². The molecular formula is C20H41Cl2PS. The van der Waals surface area contributed by atoms with Gasteiger partial charge in [-0.2, -0.15) is 0 Å². The minimum Gasteiger partial charge on any atom is -0.0684 e. The summed E-state index contributed by atoms with van der Waals surface area (Å²) in [4.78, 5) is 0. The van der Waals surface area contributed by atoms with Gasteiger partial charge in [-0.25, -0.2) is 0 Å². The number of rotatable bonds is 19. The highest BCUT2D eigenvalue weighted by molar-refractivity contribution is 8.39. The Morgan fingerprint density at radius 3 is 1.00 bits per heavy atom. The summed E-state index contributed by atoms with van der Waals surface area (Å²) in [6, 6.07) is 0. The van der Waals surface area contributed by atoms with Crippen molar-refractivity contribution in [2.24, 2.45) is 0 Å². The first kappa shape index (κ1) is 25.2. The van der Waals surface area contributed by atoms with Gasteiger partial charge in [0.2, 0.25) is 0 Å². The van der Waals surface area contributed by atoms with Gasteiger partial charge < -0.3 is 0 Å². The molecule has 0 saturated carbocycles. The summed E-state index contributed by atoms with van der Waals surface area (Å²) in [5, 5.41) is 0. The molecular weight excluding hydrogens is 374 g/mol. The van der Waals surface area contributed by atoms with Gasteiger partial charge >= 0.3 is 0 Å². The van der Waals surface area contributed by atoms with Gasteiger partial charge in [-0.05, 0) is 6.42 Å². The summed E-state index contributed by atoms with van der Waals surface area (Å²) in [7, 11) is 0. The van der Waals surface area contributed by atoms with E-state index >= 15 is 0 Å². The fraction of sp³-hybridized carbons (Fsp3) is 1.00. The summed E-state index contributed by atoms with van der Waals surface area (Å²) < 4.78 is -1.98. The third-order valence-corrected chi connectivity index (χ3v) is 7.17. The number of hydrogen-bond acceptors (Lipinski definition) is 1. The Balaban J connectivity index is 3.02. The van der Waals surface area contributed by atoms with E-state index in [0.29, 0.717) is 0 Å². The Kier molecular flexibility index (Phi) is 20.0. The lowest BCUT2D eigenvalue weighted by Crippen LogP contribution is -1.85. The summed E-state index contributed by atoms with van der Waals surface area (Å²) in [6.45, 7) is 2.29. The van der Waals surface area contributed by atoms with E-state index in [1.54, 1.807) is 0 Å². The monoisotopic (exact) mass is 414 g/mol. The Labute approximate surface area is 167 Å².